The summed E-state index contributed by atoms with van der Waals surface area (Å²) in [6.07, 6.45) is 3.99. The molecule has 0 radical (unpaired) electrons. The van der Waals surface area contributed by atoms with Gasteiger partial charge in [-0.05, 0) is 18.8 Å². The molecule has 0 aromatic carbocycles. The Morgan fingerprint density at radius 3 is 2.50 bits per heavy atom. The van der Waals surface area contributed by atoms with Crippen molar-refractivity contribution in [2.75, 3.05) is 13.6 Å². The molecule has 0 saturated heterocycles. The van der Waals surface area contributed by atoms with Gasteiger partial charge in [-0.25, -0.2) is 0 Å². The first-order valence-corrected chi connectivity index (χ1v) is 3.92. The normalized spacial score (nSPS) is 18.2. The minimum Gasteiger partial charge on any atom is -0.346 e. The Bertz CT molecular complexity index is 129. The monoisotopic (exact) mass is 141 g/mol. The third-order valence-electron chi connectivity index (χ3n) is 2.29. The first kappa shape index (κ1) is 7.58. The van der Waals surface area contributed by atoms with Gasteiger partial charge < -0.3 is 4.90 Å². The van der Waals surface area contributed by atoms with Gasteiger partial charge in [0.05, 0.1) is 0 Å². The number of carbonyl (C=O) groups excluding carboxylic acids is 1. The van der Waals surface area contributed by atoms with Gasteiger partial charge in [-0.1, -0.05) is 6.42 Å². The molecule has 0 bridgehead atoms. The molecule has 1 amide bonds. The van der Waals surface area contributed by atoms with Gasteiger partial charge in [-0.3, -0.25) is 4.79 Å². The van der Waals surface area contributed by atoms with Crippen molar-refractivity contribution in [1.29, 1.82) is 0 Å². The van der Waals surface area contributed by atoms with Gasteiger partial charge in [0, 0.05) is 20.5 Å². The summed E-state index contributed by atoms with van der Waals surface area (Å²) in [5.74, 6) is 0.987. The zero-order chi connectivity index (χ0) is 7.56. The number of hydrogen-bond acceptors (Lipinski definition) is 1. The average Bonchev–Trinajstić information content (AvgIpc) is 1.77. The Labute approximate surface area is 62.2 Å². The van der Waals surface area contributed by atoms with Gasteiger partial charge in [0.15, 0.2) is 0 Å². The molecule has 2 heteroatoms. The van der Waals surface area contributed by atoms with Crippen LogP contribution in [0.25, 0.3) is 0 Å². The van der Waals surface area contributed by atoms with Crippen molar-refractivity contribution in [3.63, 3.8) is 0 Å². The molecule has 1 fully saturated rings. The van der Waals surface area contributed by atoms with Crippen molar-refractivity contribution in [3.05, 3.63) is 0 Å². The van der Waals surface area contributed by atoms with Crippen LogP contribution in [0.5, 0.6) is 0 Å². The largest absolute Gasteiger partial charge is 0.346 e. The fourth-order valence-electron chi connectivity index (χ4n) is 1.19. The van der Waals surface area contributed by atoms with Crippen LogP contribution >= 0.6 is 0 Å². The van der Waals surface area contributed by atoms with E-state index in [0.717, 1.165) is 12.5 Å². The third-order valence-corrected chi connectivity index (χ3v) is 2.29. The zero-order valence-corrected chi connectivity index (χ0v) is 6.76. The lowest BCUT2D eigenvalue weighted by Crippen LogP contribution is -2.32. The summed E-state index contributed by atoms with van der Waals surface area (Å²) in [6, 6.07) is 0. The minimum absolute atomic E-state index is 0.187. The zero-order valence-electron chi connectivity index (χ0n) is 6.76. The van der Waals surface area contributed by atoms with Crippen molar-refractivity contribution in [2.45, 2.75) is 26.2 Å². The van der Waals surface area contributed by atoms with E-state index in [1.807, 2.05) is 11.9 Å². The summed E-state index contributed by atoms with van der Waals surface area (Å²) >= 11 is 0. The Balaban J connectivity index is 2.16. The molecule has 0 atom stereocenters. The lowest BCUT2D eigenvalue weighted by Gasteiger charge is -2.29. The summed E-state index contributed by atoms with van der Waals surface area (Å²) in [5, 5.41) is 0. The molecule has 0 aromatic heterocycles. The maximum atomic E-state index is 10.7. The second-order valence-corrected chi connectivity index (χ2v) is 3.20. The van der Waals surface area contributed by atoms with Crippen LogP contribution in [0.15, 0.2) is 0 Å². The van der Waals surface area contributed by atoms with Crippen molar-refractivity contribution < 1.29 is 4.79 Å². The maximum absolute atomic E-state index is 10.7. The van der Waals surface area contributed by atoms with E-state index in [1.165, 1.54) is 19.3 Å². The second-order valence-electron chi connectivity index (χ2n) is 3.20. The fourth-order valence-corrected chi connectivity index (χ4v) is 1.19. The van der Waals surface area contributed by atoms with Crippen LogP contribution < -0.4 is 0 Å². The van der Waals surface area contributed by atoms with E-state index in [9.17, 15) is 4.79 Å². The predicted molar refractivity (Wildman–Crippen MR) is 40.7 cm³/mol. The molecule has 0 heterocycles. The quantitative estimate of drug-likeness (QED) is 0.567. The first-order valence-electron chi connectivity index (χ1n) is 3.92. The van der Waals surface area contributed by atoms with E-state index in [1.54, 1.807) is 6.92 Å². The summed E-state index contributed by atoms with van der Waals surface area (Å²) in [5.41, 5.74) is 0. The molecule has 1 rings (SSSR count). The summed E-state index contributed by atoms with van der Waals surface area (Å²) < 4.78 is 0. The van der Waals surface area contributed by atoms with Crippen molar-refractivity contribution in [3.8, 4) is 0 Å². The van der Waals surface area contributed by atoms with Crippen LogP contribution in [-0.2, 0) is 4.79 Å². The molecule has 2 nitrogen and oxygen atoms in total. The molecule has 10 heavy (non-hydrogen) atoms. The second kappa shape index (κ2) is 3.04. The molecular formula is C8H15NO. The van der Waals surface area contributed by atoms with E-state index in [-0.39, 0.29) is 5.91 Å². The summed E-state index contributed by atoms with van der Waals surface area (Å²) in [6.45, 7) is 2.59. The predicted octanol–water partition coefficient (Wildman–Crippen LogP) is 1.26. The molecule has 1 saturated carbocycles. The van der Waals surface area contributed by atoms with Gasteiger partial charge in [0.2, 0.25) is 5.91 Å². The summed E-state index contributed by atoms with van der Waals surface area (Å²) in [4.78, 5) is 12.6. The average molecular weight is 141 g/mol. The molecule has 0 aliphatic heterocycles. The van der Waals surface area contributed by atoms with Gasteiger partial charge in [0.25, 0.3) is 0 Å². The number of amides is 1. The summed E-state index contributed by atoms with van der Waals surface area (Å²) in [7, 11) is 1.88. The molecule has 0 unspecified atom stereocenters. The van der Waals surface area contributed by atoms with Crippen LogP contribution in [-0.4, -0.2) is 24.4 Å². The fraction of sp³-hybridized carbons (Fsp3) is 0.875. The Kier molecular flexibility index (Phi) is 2.30. The Hall–Kier alpha value is -0.530. The lowest BCUT2D eigenvalue weighted by atomic mass is 9.85. The highest BCUT2D eigenvalue weighted by Gasteiger charge is 2.19. The van der Waals surface area contributed by atoms with E-state index >= 15 is 0 Å². The Morgan fingerprint density at radius 2 is 2.20 bits per heavy atom. The maximum Gasteiger partial charge on any atom is 0.219 e. The number of hydrogen-bond donors (Lipinski definition) is 0. The number of carbonyl (C=O) groups is 1. The minimum atomic E-state index is 0.187. The first-order chi connectivity index (χ1) is 4.70. The lowest BCUT2D eigenvalue weighted by molar-refractivity contribution is -0.128. The molecule has 0 spiro atoms. The van der Waals surface area contributed by atoms with E-state index in [4.69, 9.17) is 0 Å². The molecule has 1 aliphatic rings. The molecule has 0 N–H and O–H groups in total. The Morgan fingerprint density at radius 1 is 1.60 bits per heavy atom. The topological polar surface area (TPSA) is 20.3 Å². The molecular weight excluding hydrogens is 126 g/mol. The third kappa shape index (κ3) is 1.72. The molecule has 1 aliphatic carbocycles. The van der Waals surface area contributed by atoms with Crippen LogP contribution in [0.4, 0.5) is 0 Å². The van der Waals surface area contributed by atoms with Gasteiger partial charge in [-0.15, -0.1) is 0 Å². The van der Waals surface area contributed by atoms with Crippen molar-refractivity contribution in [1.82, 2.24) is 4.90 Å². The van der Waals surface area contributed by atoms with Gasteiger partial charge >= 0.3 is 0 Å². The van der Waals surface area contributed by atoms with Gasteiger partial charge in [-0.2, -0.15) is 0 Å². The van der Waals surface area contributed by atoms with Crippen LogP contribution in [0.1, 0.15) is 26.2 Å². The number of rotatable bonds is 2. The van der Waals surface area contributed by atoms with Gasteiger partial charge in [0.1, 0.15) is 0 Å². The standard InChI is InChI=1S/C8H15NO/c1-7(10)9(2)6-8-4-3-5-8/h8H,3-6H2,1-2H3. The molecule has 0 aromatic rings. The number of nitrogens with zero attached hydrogens (tertiary/aromatic N) is 1. The smallest absolute Gasteiger partial charge is 0.219 e. The van der Waals surface area contributed by atoms with Crippen molar-refractivity contribution >= 4 is 5.91 Å². The van der Waals surface area contributed by atoms with E-state index in [0.29, 0.717) is 0 Å². The van der Waals surface area contributed by atoms with Crippen molar-refractivity contribution in [2.24, 2.45) is 5.92 Å². The molecule has 58 valence electrons. The van der Waals surface area contributed by atoms with Crippen LogP contribution in [0.2, 0.25) is 0 Å². The van der Waals surface area contributed by atoms with Crippen LogP contribution in [0.3, 0.4) is 0 Å². The SMILES string of the molecule is CC(=O)N(C)CC1CCC1. The van der Waals surface area contributed by atoms with E-state index < -0.39 is 0 Å². The highest BCUT2D eigenvalue weighted by atomic mass is 16.2. The van der Waals surface area contributed by atoms with E-state index in [2.05, 4.69) is 0 Å². The highest BCUT2D eigenvalue weighted by molar-refractivity contribution is 5.72. The highest BCUT2D eigenvalue weighted by Crippen LogP contribution is 2.26. The van der Waals surface area contributed by atoms with Crippen LogP contribution in [0, 0.1) is 5.92 Å².